The zero-order valence-corrected chi connectivity index (χ0v) is 4.79. The molecule has 1 unspecified atom stereocenters. The first-order chi connectivity index (χ1) is 3.77. The van der Waals surface area contributed by atoms with Gasteiger partial charge >= 0.3 is 0 Å². The molecule has 1 rings (SSSR count). The number of hydrogen-bond donors (Lipinski definition) is 1. The van der Waals surface area contributed by atoms with Crippen LogP contribution in [0.3, 0.4) is 0 Å². The van der Waals surface area contributed by atoms with E-state index in [1.165, 1.54) is 6.40 Å². The minimum atomic E-state index is -0.917. The molecule has 3 heteroatoms. The average Bonchev–Trinajstić information content (AvgIpc) is 2.17. The second-order valence-corrected chi connectivity index (χ2v) is 1.88. The van der Waals surface area contributed by atoms with Crippen LogP contribution in [0.1, 0.15) is 20.8 Å². The molecule has 1 atom stereocenters. The lowest BCUT2D eigenvalue weighted by molar-refractivity contribution is 0.0204. The number of ether oxygens (including phenoxy) is 1. The molecule has 0 bridgehead atoms. The van der Waals surface area contributed by atoms with E-state index in [-0.39, 0.29) is 7.43 Å². The smallest absolute Gasteiger partial charge is 0.193 e. The van der Waals surface area contributed by atoms with Gasteiger partial charge in [0.15, 0.2) is 12.1 Å². The maximum atomic E-state index is 9.18. The van der Waals surface area contributed by atoms with Crippen molar-refractivity contribution in [1.29, 1.82) is 0 Å². The lowest BCUT2D eigenvalue weighted by atomic mass is 10.2. The zero-order chi connectivity index (χ0) is 6.04. The Morgan fingerprint density at radius 2 is 2.56 bits per heavy atom. The molecule has 0 aromatic rings. The fourth-order valence-corrected chi connectivity index (χ4v) is 0.537. The van der Waals surface area contributed by atoms with E-state index in [0.717, 1.165) is 0 Å². The third-order valence-electron chi connectivity index (χ3n) is 1.25. The molecule has 0 fully saturated rings. The van der Waals surface area contributed by atoms with Crippen LogP contribution in [-0.4, -0.2) is 23.8 Å². The van der Waals surface area contributed by atoms with Gasteiger partial charge in [-0.05, 0) is 6.42 Å². The van der Waals surface area contributed by atoms with Gasteiger partial charge in [0.05, 0.1) is 0 Å². The first-order valence-corrected chi connectivity index (χ1v) is 2.64. The molecule has 0 aromatic heterocycles. The largest absolute Gasteiger partial charge is 0.478 e. The van der Waals surface area contributed by atoms with E-state index in [0.29, 0.717) is 13.0 Å². The number of aliphatic imine (C=N–C) groups is 1. The van der Waals surface area contributed by atoms with Gasteiger partial charge in [-0.25, -0.2) is 4.99 Å². The van der Waals surface area contributed by atoms with Gasteiger partial charge < -0.3 is 9.84 Å². The number of rotatable bonds is 1. The molecule has 54 valence electrons. The number of nitrogens with zero attached hydrogens (tertiary/aromatic N) is 1. The van der Waals surface area contributed by atoms with Crippen molar-refractivity contribution in [3.8, 4) is 0 Å². The van der Waals surface area contributed by atoms with Gasteiger partial charge in [0, 0.05) is 0 Å². The van der Waals surface area contributed by atoms with Crippen molar-refractivity contribution in [2.24, 2.45) is 4.99 Å². The fraction of sp³-hybridized carbons (Fsp3) is 0.833. The van der Waals surface area contributed by atoms with Gasteiger partial charge in [-0.3, -0.25) is 0 Å². The normalized spacial score (nSPS) is 31.3. The van der Waals surface area contributed by atoms with Crippen molar-refractivity contribution >= 4 is 6.40 Å². The Morgan fingerprint density at radius 1 is 1.89 bits per heavy atom. The van der Waals surface area contributed by atoms with E-state index in [2.05, 4.69) is 4.99 Å². The SMILES string of the molecule is C.CCC1(O)COC=N1. The molecule has 1 heterocycles. The molecular formula is C6H13NO2. The van der Waals surface area contributed by atoms with Crippen molar-refractivity contribution in [3.05, 3.63) is 0 Å². The molecule has 0 radical (unpaired) electrons. The van der Waals surface area contributed by atoms with Crippen LogP contribution in [0.5, 0.6) is 0 Å². The summed E-state index contributed by atoms with van der Waals surface area (Å²) in [6, 6.07) is 0. The minimum Gasteiger partial charge on any atom is -0.478 e. The van der Waals surface area contributed by atoms with Gasteiger partial charge in [0.1, 0.15) is 6.61 Å². The van der Waals surface area contributed by atoms with Gasteiger partial charge in [-0.2, -0.15) is 0 Å². The second kappa shape index (κ2) is 2.82. The number of hydrogen-bond acceptors (Lipinski definition) is 3. The monoisotopic (exact) mass is 131 g/mol. The summed E-state index contributed by atoms with van der Waals surface area (Å²) in [5.41, 5.74) is -0.917. The van der Waals surface area contributed by atoms with Crippen molar-refractivity contribution in [2.75, 3.05) is 6.61 Å². The van der Waals surface area contributed by atoms with E-state index in [9.17, 15) is 5.11 Å². The fourth-order valence-electron chi connectivity index (χ4n) is 0.537. The second-order valence-electron chi connectivity index (χ2n) is 1.88. The average molecular weight is 131 g/mol. The van der Waals surface area contributed by atoms with E-state index in [1.54, 1.807) is 0 Å². The molecule has 3 nitrogen and oxygen atoms in total. The van der Waals surface area contributed by atoms with E-state index in [4.69, 9.17) is 4.74 Å². The summed E-state index contributed by atoms with van der Waals surface area (Å²) in [6.45, 7) is 2.18. The summed E-state index contributed by atoms with van der Waals surface area (Å²) in [5, 5.41) is 9.18. The van der Waals surface area contributed by atoms with Crippen LogP contribution in [0.2, 0.25) is 0 Å². The van der Waals surface area contributed by atoms with Crippen molar-refractivity contribution in [2.45, 2.75) is 26.5 Å². The minimum absolute atomic E-state index is 0. The highest BCUT2D eigenvalue weighted by Gasteiger charge is 2.26. The lowest BCUT2D eigenvalue weighted by Crippen LogP contribution is -2.25. The third-order valence-corrected chi connectivity index (χ3v) is 1.25. The van der Waals surface area contributed by atoms with Crippen LogP contribution in [0, 0.1) is 0 Å². The molecule has 0 saturated carbocycles. The Morgan fingerprint density at radius 3 is 2.78 bits per heavy atom. The Bertz CT molecular complexity index is 114. The molecule has 1 aliphatic rings. The van der Waals surface area contributed by atoms with Crippen LogP contribution >= 0.6 is 0 Å². The predicted molar refractivity (Wildman–Crippen MR) is 36.4 cm³/mol. The Kier molecular flexibility index (Phi) is 2.65. The topological polar surface area (TPSA) is 41.8 Å². The summed E-state index contributed by atoms with van der Waals surface area (Å²) in [6.07, 6.45) is 1.91. The van der Waals surface area contributed by atoms with Gasteiger partial charge in [0.25, 0.3) is 0 Å². The highest BCUT2D eigenvalue weighted by atomic mass is 16.5. The quantitative estimate of drug-likeness (QED) is 0.571. The van der Waals surface area contributed by atoms with Gasteiger partial charge in [-0.1, -0.05) is 14.4 Å². The molecular weight excluding hydrogens is 118 g/mol. The molecule has 0 spiro atoms. The summed E-state index contributed by atoms with van der Waals surface area (Å²) < 4.78 is 4.71. The lowest BCUT2D eigenvalue weighted by Gasteiger charge is -2.12. The molecule has 0 saturated heterocycles. The summed E-state index contributed by atoms with van der Waals surface area (Å²) in [4.78, 5) is 3.69. The molecule has 0 amide bonds. The van der Waals surface area contributed by atoms with E-state index < -0.39 is 5.72 Å². The molecule has 1 N–H and O–H groups in total. The number of aliphatic hydroxyl groups is 1. The first-order valence-electron chi connectivity index (χ1n) is 2.64. The first kappa shape index (κ1) is 8.43. The molecule has 9 heavy (non-hydrogen) atoms. The van der Waals surface area contributed by atoms with E-state index in [1.807, 2.05) is 6.92 Å². The van der Waals surface area contributed by atoms with Crippen molar-refractivity contribution in [1.82, 2.24) is 0 Å². The third kappa shape index (κ3) is 1.68. The maximum absolute atomic E-state index is 9.18. The van der Waals surface area contributed by atoms with Crippen molar-refractivity contribution in [3.63, 3.8) is 0 Å². The van der Waals surface area contributed by atoms with Crippen LogP contribution in [0.15, 0.2) is 4.99 Å². The van der Waals surface area contributed by atoms with Crippen LogP contribution in [-0.2, 0) is 4.74 Å². The van der Waals surface area contributed by atoms with Gasteiger partial charge in [0.2, 0.25) is 0 Å². The summed E-state index contributed by atoms with van der Waals surface area (Å²) in [5.74, 6) is 0. The Labute approximate surface area is 55.4 Å². The molecule has 1 aliphatic heterocycles. The summed E-state index contributed by atoms with van der Waals surface area (Å²) >= 11 is 0. The van der Waals surface area contributed by atoms with E-state index >= 15 is 0 Å². The molecule has 0 aliphatic carbocycles. The Hall–Kier alpha value is -0.570. The van der Waals surface area contributed by atoms with Crippen LogP contribution in [0.4, 0.5) is 0 Å². The predicted octanol–water partition coefficient (Wildman–Crippen LogP) is 0.780. The highest BCUT2D eigenvalue weighted by molar-refractivity contribution is 5.49. The standard InChI is InChI=1S/C5H9NO2.CH4/c1-2-5(7)3-8-4-6-5;/h4,7H,2-3H2,1H3;1H4. The Balaban J connectivity index is 0.000000640. The van der Waals surface area contributed by atoms with Gasteiger partial charge in [-0.15, -0.1) is 0 Å². The van der Waals surface area contributed by atoms with Crippen LogP contribution in [0.25, 0.3) is 0 Å². The maximum Gasteiger partial charge on any atom is 0.193 e. The van der Waals surface area contributed by atoms with Crippen LogP contribution < -0.4 is 0 Å². The summed E-state index contributed by atoms with van der Waals surface area (Å²) in [7, 11) is 0. The van der Waals surface area contributed by atoms with Crippen molar-refractivity contribution < 1.29 is 9.84 Å². The highest BCUT2D eigenvalue weighted by Crippen LogP contribution is 2.14. The zero-order valence-electron chi connectivity index (χ0n) is 4.79. The molecule has 0 aromatic carbocycles.